The normalized spacial score (nSPS) is 25.9. The second kappa shape index (κ2) is 5.02. The van der Waals surface area contributed by atoms with Gasteiger partial charge in [0.05, 0.1) is 0 Å². The Balaban J connectivity index is 1.89. The highest BCUT2D eigenvalue weighted by atomic mass is 16.2. The van der Waals surface area contributed by atoms with Crippen molar-refractivity contribution in [3.8, 4) is 0 Å². The summed E-state index contributed by atoms with van der Waals surface area (Å²) in [5.74, 6) is 0.811. The van der Waals surface area contributed by atoms with Crippen molar-refractivity contribution in [2.75, 3.05) is 20.1 Å². The molecule has 0 unspecified atom stereocenters. The first-order valence-electron chi connectivity index (χ1n) is 7.24. The molecule has 1 amide bonds. The lowest BCUT2D eigenvalue weighted by atomic mass is 9.88. The predicted molar refractivity (Wildman–Crippen MR) is 80.6 cm³/mol. The maximum atomic E-state index is 12.4. The van der Waals surface area contributed by atoms with Gasteiger partial charge in [-0.05, 0) is 39.3 Å². The van der Waals surface area contributed by atoms with Crippen LogP contribution in [-0.4, -0.2) is 42.3 Å². The second-order valence-corrected chi connectivity index (χ2v) is 5.94. The minimum absolute atomic E-state index is 0.0702. The number of hydrogen-bond acceptors (Lipinski definition) is 3. The predicted octanol–water partition coefficient (Wildman–Crippen LogP) is 1.81. The molecule has 3 aliphatic rings. The number of nitrogens with zero attached hydrogens (tertiary/aromatic N) is 2. The SMILES string of the molecule is CC1=CCC=CC(C2=NC3(CCN(C)CC3)C(=O)N2)=C1. The molecule has 3 rings (SSSR count). The van der Waals surface area contributed by atoms with Crippen molar-refractivity contribution in [1.82, 2.24) is 10.2 Å². The Morgan fingerprint density at radius 2 is 2.10 bits per heavy atom. The fraction of sp³-hybridized carbons (Fsp3) is 0.500. The van der Waals surface area contributed by atoms with Gasteiger partial charge < -0.3 is 10.2 Å². The number of hydrogen-bond donors (Lipinski definition) is 1. The molecular formula is C16H21N3O. The van der Waals surface area contributed by atoms with E-state index in [4.69, 9.17) is 4.99 Å². The standard InChI is InChI=1S/C16H21N3O/c1-12-5-3-4-6-13(11-12)14-17-15(20)16(18-14)7-9-19(2)10-8-16/h4-6,11H,3,7-10H2,1-2H3,(H,17,18,20). The molecule has 106 valence electrons. The quantitative estimate of drug-likeness (QED) is 0.790. The number of likely N-dealkylation sites (tertiary alicyclic amines) is 1. The van der Waals surface area contributed by atoms with Crippen molar-refractivity contribution < 1.29 is 4.79 Å². The minimum atomic E-state index is -0.527. The Morgan fingerprint density at radius 3 is 2.85 bits per heavy atom. The van der Waals surface area contributed by atoms with Crippen molar-refractivity contribution in [3.05, 3.63) is 35.5 Å². The first-order chi connectivity index (χ1) is 9.59. The van der Waals surface area contributed by atoms with Crippen molar-refractivity contribution >= 4 is 11.7 Å². The number of rotatable bonds is 1. The molecule has 1 N–H and O–H groups in total. The van der Waals surface area contributed by atoms with Crippen LogP contribution >= 0.6 is 0 Å². The molecule has 0 atom stereocenters. The fourth-order valence-electron chi connectivity index (χ4n) is 2.93. The molecule has 0 aromatic heterocycles. The van der Waals surface area contributed by atoms with Crippen LogP contribution in [0.2, 0.25) is 0 Å². The van der Waals surface area contributed by atoms with Crippen molar-refractivity contribution in [2.45, 2.75) is 31.7 Å². The van der Waals surface area contributed by atoms with Gasteiger partial charge in [0.15, 0.2) is 0 Å². The van der Waals surface area contributed by atoms with Gasteiger partial charge in [-0.1, -0.05) is 23.8 Å². The molecule has 0 aromatic carbocycles. The van der Waals surface area contributed by atoms with Gasteiger partial charge in [0, 0.05) is 18.7 Å². The lowest BCUT2D eigenvalue weighted by Crippen LogP contribution is -2.47. The maximum Gasteiger partial charge on any atom is 0.253 e. The third-order valence-corrected chi connectivity index (χ3v) is 4.32. The summed E-state index contributed by atoms with van der Waals surface area (Å²) in [6, 6.07) is 0. The maximum absolute atomic E-state index is 12.4. The van der Waals surface area contributed by atoms with Gasteiger partial charge in [0.1, 0.15) is 11.4 Å². The van der Waals surface area contributed by atoms with Crippen LogP contribution in [0.4, 0.5) is 0 Å². The molecule has 1 spiro atoms. The number of carbonyl (C=O) groups is 1. The monoisotopic (exact) mass is 271 g/mol. The number of nitrogens with one attached hydrogen (secondary N) is 1. The van der Waals surface area contributed by atoms with Gasteiger partial charge in [-0.25, -0.2) is 0 Å². The molecule has 4 heteroatoms. The van der Waals surface area contributed by atoms with E-state index >= 15 is 0 Å². The smallest absolute Gasteiger partial charge is 0.253 e. The molecule has 0 bridgehead atoms. The van der Waals surface area contributed by atoms with Gasteiger partial charge in [0.25, 0.3) is 5.91 Å². The largest absolute Gasteiger partial charge is 0.308 e. The number of amides is 1. The summed E-state index contributed by atoms with van der Waals surface area (Å²) in [6.45, 7) is 3.94. The summed E-state index contributed by atoms with van der Waals surface area (Å²) >= 11 is 0. The van der Waals surface area contributed by atoms with Crippen molar-refractivity contribution in [3.63, 3.8) is 0 Å². The van der Waals surface area contributed by atoms with E-state index in [1.807, 2.05) is 0 Å². The van der Waals surface area contributed by atoms with E-state index in [0.717, 1.165) is 43.8 Å². The zero-order valence-electron chi connectivity index (χ0n) is 12.1. The second-order valence-electron chi connectivity index (χ2n) is 5.94. The van der Waals surface area contributed by atoms with Crippen LogP contribution in [-0.2, 0) is 4.79 Å². The summed E-state index contributed by atoms with van der Waals surface area (Å²) in [4.78, 5) is 19.4. The van der Waals surface area contributed by atoms with Crippen LogP contribution in [0, 0.1) is 0 Å². The molecule has 0 saturated carbocycles. The van der Waals surface area contributed by atoms with Gasteiger partial charge in [-0.3, -0.25) is 9.79 Å². The summed E-state index contributed by atoms with van der Waals surface area (Å²) in [5.41, 5.74) is 1.70. The Kier molecular flexibility index (Phi) is 3.34. The van der Waals surface area contributed by atoms with Gasteiger partial charge in [-0.2, -0.15) is 0 Å². The number of aliphatic imine (C=N–C) groups is 1. The van der Waals surface area contributed by atoms with Gasteiger partial charge in [0.2, 0.25) is 0 Å². The summed E-state index contributed by atoms with van der Waals surface area (Å²) in [5, 5.41) is 2.99. The zero-order valence-corrected chi connectivity index (χ0v) is 12.1. The Bertz CT molecular complexity index is 546. The molecule has 1 saturated heterocycles. The Labute approximate surface area is 119 Å². The molecule has 0 aromatic rings. The third-order valence-electron chi connectivity index (χ3n) is 4.32. The Morgan fingerprint density at radius 1 is 1.35 bits per heavy atom. The molecule has 1 fully saturated rings. The van der Waals surface area contributed by atoms with Crippen LogP contribution in [0.5, 0.6) is 0 Å². The van der Waals surface area contributed by atoms with E-state index in [-0.39, 0.29) is 5.91 Å². The lowest BCUT2D eigenvalue weighted by molar-refractivity contribution is -0.125. The third kappa shape index (κ3) is 2.36. The van der Waals surface area contributed by atoms with Crippen LogP contribution in [0.15, 0.2) is 40.4 Å². The first kappa shape index (κ1) is 13.3. The summed E-state index contributed by atoms with van der Waals surface area (Å²) < 4.78 is 0. The lowest BCUT2D eigenvalue weighted by Gasteiger charge is -2.33. The molecule has 0 radical (unpaired) electrons. The van der Waals surface area contributed by atoms with E-state index in [9.17, 15) is 4.79 Å². The summed E-state index contributed by atoms with van der Waals surface area (Å²) in [7, 11) is 2.09. The van der Waals surface area contributed by atoms with Gasteiger partial charge >= 0.3 is 0 Å². The molecule has 20 heavy (non-hydrogen) atoms. The van der Waals surface area contributed by atoms with Crippen molar-refractivity contribution in [2.24, 2.45) is 4.99 Å². The Hall–Kier alpha value is -1.68. The van der Waals surface area contributed by atoms with Crippen LogP contribution in [0.3, 0.4) is 0 Å². The van der Waals surface area contributed by atoms with Crippen LogP contribution in [0.25, 0.3) is 0 Å². The number of allylic oxidation sites excluding steroid dienone is 4. The van der Waals surface area contributed by atoms with E-state index < -0.39 is 5.54 Å². The fourth-order valence-corrected chi connectivity index (χ4v) is 2.93. The number of amidine groups is 1. The highest BCUT2D eigenvalue weighted by Gasteiger charge is 2.45. The molecular weight excluding hydrogens is 250 g/mol. The van der Waals surface area contributed by atoms with Crippen LogP contribution in [0.1, 0.15) is 26.2 Å². The number of piperidine rings is 1. The van der Waals surface area contributed by atoms with Crippen molar-refractivity contribution in [1.29, 1.82) is 0 Å². The molecule has 1 aliphatic carbocycles. The molecule has 2 aliphatic heterocycles. The zero-order chi connectivity index (χ0) is 14.2. The van der Waals surface area contributed by atoms with Crippen LogP contribution < -0.4 is 5.32 Å². The summed E-state index contributed by atoms with van der Waals surface area (Å²) in [6.07, 6.45) is 11.0. The highest BCUT2D eigenvalue weighted by molar-refractivity contribution is 6.16. The first-order valence-corrected chi connectivity index (χ1v) is 7.24. The average molecular weight is 271 g/mol. The van der Waals surface area contributed by atoms with E-state index in [2.05, 4.69) is 48.5 Å². The molecule has 4 nitrogen and oxygen atoms in total. The van der Waals surface area contributed by atoms with E-state index in [1.165, 1.54) is 5.57 Å². The highest BCUT2D eigenvalue weighted by Crippen LogP contribution is 2.31. The minimum Gasteiger partial charge on any atom is -0.308 e. The molecule has 2 heterocycles. The number of carbonyl (C=O) groups excluding carboxylic acids is 1. The van der Waals surface area contributed by atoms with Gasteiger partial charge in [-0.15, -0.1) is 0 Å². The van der Waals surface area contributed by atoms with E-state index in [1.54, 1.807) is 0 Å². The van der Waals surface area contributed by atoms with E-state index in [0.29, 0.717) is 0 Å². The topological polar surface area (TPSA) is 44.7 Å². The average Bonchev–Trinajstić information content (AvgIpc) is 2.60.